The number of ether oxygens (including phenoxy) is 2. The largest absolute Gasteiger partial charge is 0.454 e. The van der Waals surface area contributed by atoms with E-state index in [1.807, 2.05) is 25.1 Å². The lowest BCUT2D eigenvalue weighted by atomic mass is 10.1. The average molecular weight is 439 g/mol. The van der Waals surface area contributed by atoms with E-state index in [1.54, 1.807) is 24.3 Å². The molecule has 1 saturated heterocycles. The molecule has 1 unspecified atom stereocenters. The molecule has 10 heteroatoms. The SMILES string of the molecule is Cc1cccc(NC(=O)N2CCN(C(=O)c3ccc4c(c3)OCO4)C2C(=O)NCCN)c1. The van der Waals surface area contributed by atoms with Crippen molar-refractivity contribution in [2.45, 2.75) is 13.1 Å². The van der Waals surface area contributed by atoms with Gasteiger partial charge in [0.05, 0.1) is 0 Å². The Hall–Kier alpha value is -3.79. The summed E-state index contributed by atoms with van der Waals surface area (Å²) >= 11 is 0. The summed E-state index contributed by atoms with van der Waals surface area (Å²) < 4.78 is 10.6. The number of hydrogen-bond acceptors (Lipinski definition) is 6. The number of nitrogens with two attached hydrogens (primary N) is 1. The van der Waals surface area contributed by atoms with Crippen molar-refractivity contribution in [2.75, 3.05) is 38.3 Å². The second-order valence-corrected chi connectivity index (χ2v) is 7.51. The zero-order chi connectivity index (χ0) is 22.7. The molecule has 2 aromatic carbocycles. The lowest BCUT2D eigenvalue weighted by molar-refractivity contribution is -0.127. The normalized spacial score (nSPS) is 16.8. The number of aryl methyl sites for hydroxylation is 1. The van der Waals surface area contributed by atoms with E-state index in [1.165, 1.54) is 9.80 Å². The van der Waals surface area contributed by atoms with Crippen LogP contribution in [0.1, 0.15) is 15.9 Å². The molecular formula is C22H25N5O5. The van der Waals surface area contributed by atoms with Crippen LogP contribution in [0.25, 0.3) is 0 Å². The van der Waals surface area contributed by atoms with Gasteiger partial charge in [0, 0.05) is 37.4 Å². The maximum absolute atomic E-state index is 13.3. The van der Waals surface area contributed by atoms with Gasteiger partial charge in [0.2, 0.25) is 6.79 Å². The molecule has 4 rings (SSSR count). The molecule has 1 fully saturated rings. The summed E-state index contributed by atoms with van der Waals surface area (Å²) in [4.78, 5) is 41.9. The van der Waals surface area contributed by atoms with Crippen molar-refractivity contribution in [1.82, 2.24) is 15.1 Å². The van der Waals surface area contributed by atoms with Crippen molar-refractivity contribution in [3.05, 3.63) is 53.6 Å². The molecule has 1 atom stereocenters. The summed E-state index contributed by atoms with van der Waals surface area (Å²) in [5.74, 6) is 0.163. The molecule has 2 aliphatic rings. The highest BCUT2D eigenvalue weighted by molar-refractivity contribution is 6.01. The highest BCUT2D eigenvalue weighted by Crippen LogP contribution is 2.33. The van der Waals surface area contributed by atoms with E-state index in [2.05, 4.69) is 10.6 Å². The molecule has 168 valence electrons. The van der Waals surface area contributed by atoms with Crippen molar-refractivity contribution in [1.29, 1.82) is 0 Å². The first-order chi connectivity index (χ1) is 15.5. The first-order valence-corrected chi connectivity index (χ1v) is 10.3. The predicted molar refractivity (Wildman–Crippen MR) is 116 cm³/mol. The van der Waals surface area contributed by atoms with E-state index in [-0.39, 0.29) is 38.9 Å². The average Bonchev–Trinajstić information content (AvgIpc) is 3.43. The second kappa shape index (κ2) is 9.15. The quantitative estimate of drug-likeness (QED) is 0.641. The van der Waals surface area contributed by atoms with Crippen molar-refractivity contribution >= 4 is 23.5 Å². The van der Waals surface area contributed by atoms with Gasteiger partial charge in [0.1, 0.15) is 0 Å². The Morgan fingerprint density at radius 2 is 1.84 bits per heavy atom. The summed E-state index contributed by atoms with van der Waals surface area (Å²) in [6.45, 7) is 2.89. The molecular weight excluding hydrogens is 414 g/mol. The topological polar surface area (TPSA) is 126 Å². The van der Waals surface area contributed by atoms with Crippen molar-refractivity contribution < 1.29 is 23.9 Å². The van der Waals surface area contributed by atoms with Gasteiger partial charge in [-0.2, -0.15) is 0 Å². The van der Waals surface area contributed by atoms with Crippen LogP contribution in [0.3, 0.4) is 0 Å². The van der Waals surface area contributed by atoms with Gasteiger partial charge in [-0.15, -0.1) is 0 Å². The summed E-state index contributed by atoms with van der Waals surface area (Å²) in [6.07, 6.45) is -1.11. The van der Waals surface area contributed by atoms with E-state index >= 15 is 0 Å². The van der Waals surface area contributed by atoms with Crippen LogP contribution in [0, 0.1) is 6.92 Å². The molecule has 4 N–H and O–H groups in total. The summed E-state index contributed by atoms with van der Waals surface area (Å²) in [5.41, 5.74) is 7.44. The third-order valence-corrected chi connectivity index (χ3v) is 5.26. The molecule has 0 spiro atoms. The van der Waals surface area contributed by atoms with E-state index in [0.29, 0.717) is 22.7 Å². The fourth-order valence-electron chi connectivity index (χ4n) is 3.74. The van der Waals surface area contributed by atoms with Crippen molar-refractivity contribution in [3.8, 4) is 11.5 Å². The number of nitrogens with one attached hydrogen (secondary N) is 2. The molecule has 0 aliphatic carbocycles. The Kier molecular flexibility index (Phi) is 6.13. The molecule has 0 aromatic heterocycles. The molecule has 32 heavy (non-hydrogen) atoms. The number of anilines is 1. The molecule has 10 nitrogen and oxygen atoms in total. The first-order valence-electron chi connectivity index (χ1n) is 10.3. The van der Waals surface area contributed by atoms with E-state index in [9.17, 15) is 14.4 Å². The number of fused-ring (bicyclic) bond motifs is 1. The van der Waals surface area contributed by atoms with E-state index < -0.39 is 18.1 Å². The Morgan fingerprint density at radius 1 is 1.06 bits per heavy atom. The van der Waals surface area contributed by atoms with Crippen LogP contribution >= 0.6 is 0 Å². The maximum Gasteiger partial charge on any atom is 0.323 e. The van der Waals surface area contributed by atoms with Crippen LogP contribution in [-0.2, 0) is 4.79 Å². The molecule has 2 heterocycles. The molecule has 0 bridgehead atoms. The molecule has 2 aromatic rings. The third-order valence-electron chi connectivity index (χ3n) is 5.26. The smallest absolute Gasteiger partial charge is 0.323 e. The minimum atomic E-state index is -1.11. The third kappa shape index (κ3) is 4.30. The number of carbonyl (C=O) groups is 3. The molecule has 4 amide bonds. The zero-order valence-corrected chi connectivity index (χ0v) is 17.7. The van der Waals surface area contributed by atoms with Gasteiger partial charge in [0.15, 0.2) is 17.7 Å². The minimum Gasteiger partial charge on any atom is -0.454 e. The van der Waals surface area contributed by atoms with Gasteiger partial charge in [-0.05, 0) is 42.8 Å². The lowest BCUT2D eigenvalue weighted by Crippen LogP contribution is -2.55. The molecule has 2 aliphatic heterocycles. The highest BCUT2D eigenvalue weighted by atomic mass is 16.7. The van der Waals surface area contributed by atoms with E-state index in [4.69, 9.17) is 15.2 Å². The number of amides is 4. The Bertz CT molecular complexity index is 1040. The van der Waals surface area contributed by atoms with Gasteiger partial charge >= 0.3 is 6.03 Å². The number of hydrogen-bond donors (Lipinski definition) is 3. The standard InChI is InChI=1S/C22H25N5O5/c1-14-3-2-4-16(11-14)25-22(30)27-10-9-26(20(27)19(28)24-8-7-23)21(29)15-5-6-17-18(12-15)32-13-31-17/h2-6,11-12,20H,7-10,13,23H2,1H3,(H,24,28)(H,25,30). The van der Waals surface area contributed by atoms with Crippen LogP contribution in [0.15, 0.2) is 42.5 Å². The first kappa shape index (κ1) is 21.4. The highest BCUT2D eigenvalue weighted by Gasteiger charge is 2.43. The lowest BCUT2D eigenvalue weighted by Gasteiger charge is -2.29. The van der Waals surface area contributed by atoms with Gasteiger partial charge < -0.3 is 30.7 Å². The predicted octanol–water partition coefficient (Wildman–Crippen LogP) is 1.11. The second-order valence-electron chi connectivity index (χ2n) is 7.51. The Balaban J connectivity index is 1.57. The van der Waals surface area contributed by atoms with Crippen molar-refractivity contribution in [2.24, 2.45) is 5.73 Å². The fraction of sp³-hybridized carbons (Fsp3) is 0.318. The maximum atomic E-state index is 13.3. The summed E-state index contributed by atoms with van der Waals surface area (Å²) in [6, 6.07) is 11.7. The molecule has 0 radical (unpaired) electrons. The zero-order valence-electron chi connectivity index (χ0n) is 17.7. The Labute approximate surface area is 185 Å². The summed E-state index contributed by atoms with van der Waals surface area (Å²) in [7, 11) is 0. The van der Waals surface area contributed by atoms with Crippen LogP contribution in [0.2, 0.25) is 0 Å². The van der Waals surface area contributed by atoms with Crippen LogP contribution < -0.4 is 25.8 Å². The number of urea groups is 1. The van der Waals surface area contributed by atoms with Gasteiger partial charge in [-0.25, -0.2) is 4.79 Å². The van der Waals surface area contributed by atoms with Crippen molar-refractivity contribution in [3.63, 3.8) is 0 Å². The van der Waals surface area contributed by atoms with Crippen LogP contribution in [0.4, 0.5) is 10.5 Å². The minimum absolute atomic E-state index is 0.0910. The van der Waals surface area contributed by atoms with Crippen LogP contribution in [-0.4, -0.2) is 66.8 Å². The number of benzene rings is 2. The molecule has 0 saturated carbocycles. The van der Waals surface area contributed by atoms with Gasteiger partial charge in [-0.3, -0.25) is 14.5 Å². The number of rotatable bonds is 5. The number of nitrogens with zero attached hydrogens (tertiary/aromatic N) is 2. The summed E-state index contributed by atoms with van der Waals surface area (Å²) in [5, 5.41) is 5.49. The van der Waals surface area contributed by atoms with Crippen LogP contribution in [0.5, 0.6) is 11.5 Å². The van der Waals surface area contributed by atoms with Gasteiger partial charge in [0.25, 0.3) is 11.8 Å². The Morgan fingerprint density at radius 3 is 2.62 bits per heavy atom. The monoisotopic (exact) mass is 439 g/mol. The van der Waals surface area contributed by atoms with Gasteiger partial charge in [-0.1, -0.05) is 12.1 Å². The van der Waals surface area contributed by atoms with E-state index in [0.717, 1.165) is 5.56 Å². The number of carbonyl (C=O) groups excluding carboxylic acids is 3. The fourth-order valence-corrected chi connectivity index (χ4v) is 3.74.